The highest BCUT2D eigenvalue weighted by atomic mass is 32.2. The molecule has 4 nitrogen and oxygen atoms in total. The van der Waals surface area contributed by atoms with Crippen LogP contribution in [0, 0.1) is 13.8 Å². The van der Waals surface area contributed by atoms with Crippen molar-refractivity contribution in [1.82, 2.24) is 4.72 Å². The quantitative estimate of drug-likeness (QED) is 0.852. The Labute approximate surface area is 135 Å². The second kappa shape index (κ2) is 7.37. The Morgan fingerprint density at radius 3 is 2.71 bits per heavy atom. The first-order valence-electron chi connectivity index (χ1n) is 6.84. The van der Waals surface area contributed by atoms with Crippen molar-refractivity contribution in [2.75, 3.05) is 23.8 Å². The molecule has 1 aliphatic heterocycles. The first-order valence-corrected chi connectivity index (χ1v) is 10.5. The van der Waals surface area contributed by atoms with Crippen LogP contribution in [0.4, 0.5) is 0 Å². The number of nitrogens with one attached hydrogen (secondary N) is 1. The molecule has 1 heterocycles. The van der Waals surface area contributed by atoms with Crippen molar-refractivity contribution in [2.24, 2.45) is 0 Å². The third-order valence-electron chi connectivity index (χ3n) is 3.54. The Balaban J connectivity index is 2.16. The zero-order valence-electron chi connectivity index (χ0n) is 12.3. The molecular formula is C14H21NO3S3. The number of thioether (sulfide) groups is 2. The van der Waals surface area contributed by atoms with E-state index in [1.165, 1.54) is 0 Å². The number of hydrogen-bond acceptors (Lipinski definition) is 5. The number of benzene rings is 1. The summed E-state index contributed by atoms with van der Waals surface area (Å²) in [5.41, 5.74) is 2.25. The van der Waals surface area contributed by atoms with Crippen LogP contribution >= 0.6 is 23.5 Å². The van der Waals surface area contributed by atoms with Gasteiger partial charge in [0.25, 0.3) is 0 Å². The molecule has 0 saturated carbocycles. The summed E-state index contributed by atoms with van der Waals surface area (Å²) in [4.78, 5) is 0.278. The van der Waals surface area contributed by atoms with Crippen LogP contribution in [-0.2, 0) is 16.6 Å². The molecule has 1 unspecified atom stereocenters. The standard InChI is InChI=1S/C14H21NO3S3/c1-10-5-12(8-16)6-14(11(10)2)21(17,18)15-7-13-9-19-3-4-20-13/h5-6,13,15-16H,3-4,7-9H2,1-2H3. The predicted octanol–water partition coefficient (Wildman–Crippen LogP) is 1.92. The van der Waals surface area contributed by atoms with Crippen molar-refractivity contribution in [3.63, 3.8) is 0 Å². The molecule has 1 aromatic carbocycles. The molecular weight excluding hydrogens is 326 g/mol. The fourth-order valence-electron chi connectivity index (χ4n) is 2.20. The molecule has 0 radical (unpaired) electrons. The maximum atomic E-state index is 12.5. The SMILES string of the molecule is Cc1cc(CO)cc(S(=O)(=O)NCC2CSCCS2)c1C. The van der Waals surface area contributed by atoms with Crippen LogP contribution in [-0.4, -0.2) is 42.6 Å². The summed E-state index contributed by atoms with van der Waals surface area (Å²) in [7, 11) is -3.53. The van der Waals surface area contributed by atoms with Gasteiger partial charge in [-0.25, -0.2) is 13.1 Å². The maximum absolute atomic E-state index is 12.5. The van der Waals surface area contributed by atoms with E-state index in [4.69, 9.17) is 0 Å². The summed E-state index contributed by atoms with van der Waals surface area (Å²) in [5, 5.41) is 9.59. The first-order chi connectivity index (χ1) is 9.94. The fourth-order valence-corrected chi connectivity index (χ4v) is 6.37. The van der Waals surface area contributed by atoms with Gasteiger partial charge in [-0.05, 0) is 36.6 Å². The minimum absolute atomic E-state index is 0.154. The van der Waals surface area contributed by atoms with E-state index >= 15 is 0 Å². The minimum atomic E-state index is -3.53. The van der Waals surface area contributed by atoms with Gasteiger partial charge in [-0.1, -0.05) is 6.07 Å². The Morgan fingerprint density at radius 1 is 1.33 bits per heavy atom. The molecule has 1 atom stereocenters. The Kier molecular flexibility index (Phi) is 6.02. The molecule has 0 aliphatic carbocycles. The van der Waals surface area contributed by atoms with Crippen molar-refractivity contribution in [1.29, 1.82) is 0 Å². The normalized spacial score (nSPS) is 19.7. The average Bonchev–Trinajstić information content (AvgIpc) is 2.48. The monoisotopic (exact) mass is 347 g/mol. The van der Waals surface area contributed by atoms with E-state index in [2.05, 4.69) is 4.72 Å². The van der Waals surface area contributed by atoms with Crippen molar-refractivity contribution in [3.8, 4) is 0 Å². The van der Waals surface area contributed by atoms with E-state index in [-0.39, 0.29) is 11.5 Å². The van der Waals surface area contributed by atoms with Gasteiger partial charge < -0.3 is 5.11 Å². The summed E-state index contributed by atoms with van der Waals surface area (Å²) in [6, 6.07) is 3.38. The molecule has 21 heavy (non-hydrogen) atoms. The molecule has 0 amide bonds. The van der Waals surface area contributed by atoms with Gasteiger partial charge in [0.15, 0.2) is 0 Å². The van der Waals surface area contributed by atoms with Crippen LogP contribution in [0.5, 0.6) is 0 Å². The van der Waals surface area contributed by atoms with Gasteiger partial charge in [-0.3, -0.25) is 0 Å². The summed E-state index contributed by atoms with van der Waals surface area (Å²) in [6.45, 7) is 3.97. The minimum Gasteiger partial charge on any atom is -0.392 e. The maximum Gasteiger partial charge on any atom is 0.240 e. The van der Waals surface area contributed by atoms with E-state index in [0.29, 0.717) is 17.4 Å². The highest BCUT2D eigenvalue weighted by Gasteiger charge is 2.22. The number of sulfonamides is 1. The summed E-state index contributed by atoms with van der Waals surface area (Å²) in [6.07, 6.45) is 0. The largest absolute Gasteiger partial charge is 0.392 e. The number of hydrogen-bond donors (Lipinski definition) is 2. The first kappa shape index (κ1) is 17.1. The van der Waals surface area contributed by atoms with Gasteiger partial charge in [-0.15, -0.1) is 0 Å². The lowest BCUT2D eigenvalue weighted by molar-refractivity contribution is 0.281. The van der Waals surface area contributed by atoms with Crippen molar-refractivity contribution in [3.05, 3.63) is 28.8 Å². The molecule has 1 aliphatic rings. The van der Waals surface area contributed by atoms with Crippen molar-refractivity contribution in [2.45, 2.75) is 30.6 Å². The third kappa shape index (κ3) is 4.39. The Bertz CT molecular complexity index is 596. The topological polar surface area (TPSA) is 66.4 Å². The molecule has 118 valence electrons. The molecule has 2 rings (SSSR count). The van der Waals surface area contributed by atoms with Gasteiger partial charge in [0.2, 0.25) is 10.0 Å². The lowest BCUT2D eigenvalue weighted by atomic mass is 10.1. The van der Waals surface area contributed by atoms with Crippen LogP contribution in [0.3, 0.4) is 0 Å². The van der Waals surface area contributed by atoms with Gasteiger partial charge in [-0.2, -0.15) is 23.5 Å². The Hall–Kier alpha value is -0.210. The summed E-state index contributed by atoms with van der Waals surface area (Å²) in [5.74, 6) is 3.21. The van der Waals surface area contributed by atoms with E-state index in [1.54, 1.807) is 13.0 Å². The molecule has 1 saturated heterocycles. The average molecular weight is 348 g/mol. The molecule has 1 aromatic rings. The van der Waals surface area contributed by atoms with Gasteiger partial charge >= 0.3 is 0 Å². The highest BCUT2D eigenvalue weighted by Crippen LogP contribution is 2.25. The smallest absolute Gasteiger partial charge is 0.240 e. The summed E-state index contributed by atoms with van der Waals surface area (Å²) < 4.78 is 27.7. The van der Waals surface area contributed by atoms with E-state index in [0.717, 1.165) is 28.4 Å². The van der Waals surface area contributed by atoms with Gasteiger partial charge in [0, 0.05) is 29.1 Å². The van der Waals surface area contributed by atoms with Crippen molar-refractivity contribution >= 4 is 33.5 Å². The van der Waals surface area contributed by atoms with Crippen LogP contribution < -0.4 is 4.72 Å². The predicted molar refractivity (Wildman–Crippen MR) is 90.6 cm³/mol. The van der Waals surface area contributed by atoms with Crippen LogP contribution in [0.2, 0.25) is 0 Å². The molecule has 2 N–H and O–H groups in total. The van der Waals surface area contributed by atoms with Crippen LogP contribution in [0.1, 0.15) is 16.7 Å². The Morgan fingerprint density at radius 2 is 2.10 bits per heavy atom. The number of aliphatic hydroxyl groups is 1. The number of aryl methyl sites for hydroxylation is 1. The zero-order valence-corrected chi connectivity index (χ0v) is 14.7. The van der Waals surface area contributed by atoms with Gasteiger partial charge in [0.1, 0.15) is 0 Å². The van der Waals surface area contributed by atoms with Crippen LogP contribution in [0.15, 0.2) is 17.0 Å². The van der Waals surface area contributed by atoms with Gasteiger partial charge in [0.05, 0.1) is 11.5 Å². The third-order valence-corrected chi connectivity index (χ3v) is 7.93. The second-order valence-electron chi connectivity index (χ2n) is 5.11. The number of aliphatic hydroxyl groups excluding tert-OH is 1. The lowest BCUT2D eigenvalue weighted by Crippen LogP contribution is -2.33. The van der Waals surface area contributed by atoms with E-state index in [1.807, 2.05) is 36.5 Å². The second-order valence-corrected chi connectivity index (χ2v) is 9.41. The van der Waals surface area contributed by atoms with Crippen molar-refractivity contribution < 1.29 is 13.5 Å². The fraction of sp³-hybridized carbons (Fsp3) is 0.571. The molecule has 7 heteroatoms. The number of rotatable bonds is 5. The molecule has 0 bridgehead atoms. The summed E-state index contributed by atoms with van der Waals surface area (Å²) >= 11 is 3.70. The lowest BCUT2D eigenvalue weighted by Gasteiger charge is -2.21. The molecule has 1 fully saturated rings. The van der Waals surface area contributed by atoms with Crippen LogP contribution in [0.25, 0.3) is 0 Å². The molecule has 0 spiro atoms. The highest BCUT2D eigenvalue weighted by molar-refractivity contribution is 8.06. The zero-order chi connectivity index (χ0) is 15.5. The molecule has 0 aromatic heterocycles. The van der Waals surface area contributed by atoms with E-state index < -0.39 is 10.0 Å². The van der Waals surface area contributed by atoms with E-state index in [9.17, 15) is 13.5 Å².